The third-order valence-corrected chi connectivity index (χ3v) is 7.10. The Hall–Kier alpha value is -0.610. The van der Waals surface area contributed by atoms with E-state index in [9.17, 15) is 4.79 Å². The lowest BCUT2D eigenvalue weighted by atomic mass is 9.97. The average Bonchev–Trinajstić information content (AvgIpc) is 2.89. The molecule has 2 saturated heterocycles. The lowest BCUT2D eigenvalue weighted by Crippen LogP contribution is -2.42. The van der Waals surface area contributed by atoms with E-state index in [2.05, 4.69) is 0 Å². The molecule has 3 atom stereocenters. The summed E-state index contributed by atoms with van der Waals surface area (Å²) in [4.78, 5) is 12.9. The van der Waals surface area contributed by atoms with Gasteiger partial charge in [-0.25, -0.2) is 4.79 Å². The Kier molecular flexibility index (Phi) is 2.10. The number of ether oxygens (including phenoxy) is 1. The van der Waals surface area contributed by atoms with Crippen LogP contribution in [0.2, 0.25) is 0 Å². The van der Waals surface area contributed by atoms with Crippen LogP contribution in [-0.4, -0.2) is 21.4 Å². The molecule has 4 rings (SSSR count). The molecule has 0 N–H and O–H groups in total. The van der Waals surface area contributed by atoms with Gasteiger partial charge in [-0.3, -0.25) is 0 Å². The third kappa shape index (κ3) is 1.40. The predicted molar refractivity (Wildman–Crippen MR) is 69.5 cm³/mol. The van der Waals surface area contributed by atoms with Crippen molar-refractivity contribution in [3.05, 3.63) is 29.8 Å². The summed E-state index contributed by atoms with van der Waals surface area (Å²) in [6.45, 7) is 0. The molecule has 1 spiro atoms. The van der Waals surface area contributed by atoms with Gasteiger partial charge >= 0.3 is 5.97 Å². The fourth-order valence-corrected chi connectivity index (χ4v) is 6.54. The smallest absolute Gasteiger partial charge is 0.340 e. The zero-order valence-corrected chi connectivity index (χ0v) is 10.9. The van der Waals surface area contributed by atoms with Crippen molar-refractivity contribution in [1.29, 1.82) is 0 Å². The lowest BCUT2D eigenvalue weighted by Gasteiger charge is -2.38. The fourth-order valence-electron chi connectivity index (χ4n) is 2.99. The maximum absolute atomic E-state index is 12.1. The molecule has 0 radical (unpaired) electrons. The van der Waals surface area contributed by atoms with E-state index in [1.165, 1.54) is 12.8 Å². The number of rotatable bonds is 0. The molecule has 0 saturated carbocycles. The van der Waals surface area contributed by atoms with Crippen LogP contribution in [0.5, 0.6) is 0 Å². The van der Waals surface area contributed by atoms with Gasteiger partial charge in [0.1, 0.15) is 0 Å². The zero-order valence-electron chi connectivity index (χ0n) is 9.22. The first kappa shape index (κ1) is 10.3. The topological polar surface area (TPSA) is 26.3 Å². The summed E-state index contributed by atoms with van der Waals surface area (Å²) in [7, 11) is 0. The second kappa shape index (κ2) is 3.45. The van der Waals surface area contributed by atoms with Crippen LogP contribution in [0.3, 0.4) is 0 Å². The highest BCUT2D eigenvalue weighted by Gasteiger charge is 2.57. The van der Waals surface area contributed by atoms with Gasteiger partial charge in [0.05, 0.1) is 10.8 Å². The van der Waals surface area contributed by atoms with Crippen LogP contribution in [0.15, 0.2) is 29.2 Å². The molecule has 17 heavy (non-hydrogen) atoms. The minimum Gasteiger partial charge on any atom is -0.443 e. The number of carbonyl (C=O) groups excluding carboxylic acids is 1. The van der Waals surface area contributed by atoms with E-state index in [-0.39, 0.29) is 10.9 Å². The van der Waals surface area contributed by atoms with Crippen LogP contribution < -0.4 is 0 Å². The minimum atomic E-state index is -0.265. The average molecular weight is 264 g/mol. The van der Waals surface area contributed by atoms with Gasteiger partial charge in [-0.15, -0.1) is 11.8 Å². The number of thioether (sulfide) groups is 2. The van der Waals surface area contributed by atoms with Crippen molar-refractivity contribution in [1.82, 2.24) is 0 Å². The van der Waals surface area contributed by atoms with E-state index in [4.69, 9.17) is 4.74 Å². The number of hydrogen-bond donors (Lipinski definition) is 0. The number of fused-ring (bicyclic) bond motifs is 4. The van der Waals surface area contributed by atoms with Crippen molar-refractivity contribution in [3.63, 3.8) is 0 Å². The quantitative estimate of drug-likeness (QED) is 0.672. The fraction of sp³-hybridized carbons (Fsp3) is 0.462. The van der Waals surface area contributed by atoms with Crippen molar-refractivity contribution in [2.45, 2.75) is 39.6 Å². The second-order valence-corrected chi connectivity index (χ2v) is 7.67. The summed E-state index contributed by atoms with van der Waals surface area (Å²) in [5.41, 5.74) is 0.732. The van der Waals surface area contributed by atoms with Crippen molar-refractivity contribution >= 4 is 29.5 Å². The molecule has 3 heterocycles. The van der Waals surface area contributed by atoms with Crippen molar-refractivity contribution in [3.8, 4) is 0 Å². The SMILES string of the molecule is O=C1OC2(CC3CCC2S3)Sc2ccccc21. The summed E-state index contributed by atoms with van der Waals surface area (Å²) < 4.78 is 5.80. The van der Waals surface area contributed by atoms with Gasteiger partial charge < -0.3 is 4.74 Å². The number of hydrogen-bond acceptors (Lipinski definition) is 4. The van der Waals surface area contributed by atoms with E-state index in [0.717, 1.165) is 16.9 Å². The highest BCUT2D eigenvalue weighted by atomic mass is 32.2. The molecule has 2 nitrogen and oxygen atoms in total. The Morgan fingerprint density at radius 3 is 2.94 bits per heavy atom. The monoisotopic (exact) mass is 264 g/mol. The molecule has 3 aliphatic rings. The van der Waals surface area contributed by atoms with Crippen LogP contribution in [-0.2, 0) is 4.74 Å². The van der Waals surface area contributed by atoms with Gasteiger partial charge in [0.15, 0.2) is 4.93 Å². The molecule has 2 fully saturated rings. The third-order valence-electron chi connectivity index (χ3n) is 3.77. The zero-order chi connectivity index (χ0) is 11.5. The second-order valence-electron chi connectivity index (χ2n) is 4.83. The number of esters is 1. The van der Waals surface area contributed by atoms with Crippen molar-refractivity contribution in [2.75, 3.05) is 0 Å². The lowest BCUT2D eigenvalue weighted by molar-refractivity contribution is 0.0125. The van der Waals surface area contributed by atoms with E-state index in [0.29, 0.717) is 10.5 Å². The molecule has 0 aromatic heterocycles. The van der Waals surface area contributed by atoms with E-state index in [1.807, 2.05) is 36.0 Å². The summed E-state index contributed by atoms with van der Waals surface area (Å²) in [5, 5.41) is 1.19. The van der Waals surface area contributed by atoms with Crippen molar-refractivity contribution in [2.24, 2.45) is 0 Å². The molecule has 88 valence electrons. The molecule has 1 aromatic carbocycles. The normalized spacial score (nSPS) is 38.2. The summed E-state index contributed by atoms with van der Waals surface area (Å²) in [6, 6.07) is 7.80. The Morgan fingerprint density at radius 2 is 2.18 bits per heavy atom. The van der Waals surface area contributed by atoms with Crippen LogP contribution in [0.25, 0.3) is 0 Å². The maximum Gasteiger partial charge on any atom is 0.340 e. The predicted octanol–water partition coefficient (Wildman–Crippen LogP) is 3.31. The van der Waals surface area contributed by atoms with Crippen LogP contribution >= 0.6 is 23.5 Å². The molecule has 3 unspecified atom stereocenters. The van der Waals surface area contributed by atoms with Crippen LogP contribution in [0.1, 0.15) is 29.6 Å². The van der Waals surface area contributed by atoms with Gasteiger partial charge in [-0.1, -0.05) is 23.9 Å². The van der Waals surface area contributed by atoms with Gasteiger partial charge in [-0.05, 0) is 25.0 Å². The number of benzene rings is 1. The Morgan fingerprint density at radius 1 is 1.29 bits per heavy atom. The molecule has 4 heteroatoms. The molecular weight excluding hydrogens is 252 g/mol. The maximum atomic E-state index is 12.1. The molecule has 3 aliphatic heterocycles. The minimum absolute atomic E-state index is 0.132. The Balaban J connectivity index is 1.77. The Bertz CT molecular complexity index is 502. The molecule has 2 bridgehead atoms. The van der Waals surface area contributed by atoms with Gasteiger partial charge in [-0.2, -0.15) is 0 Å². The van der Waals surface area contributed by atoms with Crippen LogP contribution in [0, 0.1) is 0 Å². The van der Waals surface area contributed by atoms with Gasteiger partial charge in [0.2, 0.25) is 0 Å². The Labute approximate surface area is 108 Å². The first-order valence-corrected chi connectivity index (χ1v) is 7.70. The van der Waals surface area contributed by atoms with Gasteiger partial charge in [0.25, 0.3) is 0 Å². The van der Waals surface area contributed by atoms with E-state index >= 15 is 0 Å². The summed E-state index contributed by atoms with van der Waals surface area (Å²) >= 11 is 3.79. The standard InChI is InChI=1S/C13H12O2S2/c14-12-9-3-1-2-4-10(9)17-13(15-12)7-8-5-6-11(13)16-8/h1-4,8,11H,5-7H2. The van der Waals surface area contributed by atoms with Crippen molar-refractivity contribution < 1.29 is 9.53 Å². The summed E-state index contributed by atoms with van der Waals surface area (Å²) in [6.07, 6.45) is 3.50. The molecule has 0 amide bonds. The van der Waals surface area contributed by atoms with Crippen LogP contribution in [0.4, 0.5) is 0 Å². The number of carbonyl (C=O) groups is 1. The highest BCUT2D eigenvalue weighted by molar-refractivity contribution is 8.05. The molecule has 1 aromatic rings. The van der Waals surface area contributed by atoms with Gasteiger partial charge in [0, 0.05) is 16.6 Å². The largest absolute Gasteiger partial charge is 0.443 e. The summed E-state index contributed by atoms with van der Waals surface area (Å²) in [5.74, 6) is -0.132. The highest BCUT2D eigenvalue weighted by Crippen LogP contribution is 2.61. The first-order chi connectivity index (χ1) is 8.27. The molecular formula is C13H12O2S2. The van der Waals surface area contributed by atoms with E-state index in [1.54, 1.807) is 11.8 Å². The molecule has 0 aliphatic carbocycles. The first-order valence-electron chi connectivity index (χ1n) is 5.94. The van der Waals surface area contributed by atoms with E-state index < -0.39 is 0 Å².